The van der Waals surface area contributed by atoms with Crippen molar-refractivity contribution in [1.82, 2.24) is 5.32 Å². The predicted octanol–water partition coefficient (Wildman–Crippen LogP) is -0.530. The van der Waals surface area contributed by atoms with Crippen LogP contribution in [0.3, 0.4) is 0 Å². The molecule has 0 radical (unpaired) electrons. The van der Waals surface area contributed by atoms with E-state index in [4.69, 9.17) is 9.47 Å². The first kappa shape index (κ1) is 12.9. The predicted molar refractivity (Wildman–Crippen MR) is 54.8 cm³/mol. The van der Waals surface area contributed by atoms with Crippen molar-refractivity contribution in [2.45, 2.75) is 25.5 Å². The van der Waals surface area contributed by atoms with Gasteiger partial charge in [-0.15, -0.1) is 0 Å². The van der Waals surface area contributed by atoms with Gasteiger partial charge in [-0.25, -0.2) is 4.79 Å². The Morgan fingerprint density at radius 1 is 1.56 bits per heavy atom. The average Bonchev–Trinajstić information content (AvgIpc) is 2.75. The maximum Gasteiger partial charge on any atom is 0.330 e. The molecule has 0 bridgehead atoms. The fraction of sp³-hybridized carbons (Fsp3) is 0.800. The van der Waals surface area contributed by atoms with Gasteiger partial charge in [0.05, 0.1) is 26.4 Å². The van der Waals surface area contributed by atoms with E-state index in [0.29, 0.717) is 13.2 Å². The van der Waals surface area contributed by atoms with Gasteiger partial charge in [-0.2, -0.15) is 0 Å². The molecular formula is C10H17NO5. The molecule has 92 valence electrons. The number of ether oxygens (including phenoxy) is 3. The molecule has 6 nitrogen and oxygen atoms in total. The van der Waals surface area contributed by atoms with Gasteiger partial charge in [0.25, 0.3) is 0 Å². The first-order valence-corrected chi connectivity index (χ1v) is 5.17. The van der Waals surface area contributed by atoms with Crippen LogP contribution in [0, 0.1) is 0 Å². The molecule has 1 aliphatic rings. The number of carbonyl (C=O) groups is 2. The monoisotopic (exact) mass is 231 g/mol. The van der Waals surface area contributed by atoms with Crippen molar-refractivity contribution in [2.75, 3.05) is 26.9 Å². The molecule has 1 rings (SSSR count). The molecule has 2 atom stereocenters. The number of carbonyl (C=O) groups excluding carboxylic acids is 2. The summed E-state index contributed by atoms with van der Waals surface area (Å²) in [6.45, 7) is 2.66. The summed E-state index contributed by atoms with van der Waals surface area (Å²) < 4.78 is 15.1. The average molecular weight is 231 g/mol. The van der Waals surface area contributed by atoms with E-state index in [1.54, 1.807) is 0 Å². The summed E-state index contributed by atoms with van der Waals surface area (Å²) in [4.78, 5) is 22.2. The summed E-state index contributed by atoms with van der Waals surface area (Å²) in [6, 6.07) is -0.747. The zero-order valence-electron chi connectivity index (χ0n) is 9.52. The van der Waals surface area contributed by atoms with Crippen molar-refractivity contribution in [1.29, 1.82) is 0 Å². The number of rotatable bonds is 5. The van der Waals surface area contributed by atoms with E-state index in [2.05, 4.69) is 10.1 Å². The summed E-state index contributed by atoms with van der Waals surface area (Å²) in [5.41, 5.74) is 0. The van der Waals surface area contributed by atoms with Crippen LogP contribution in [0.4, 0.5) is 0 Å². The minimum Gasteiger partial charge on any atom is -0.467 e. The third kappa shape index (κ3) is 4.16. The summed E-state index contributed by atoms with van der Waals surface area (Å²) in [7, 11) is 1.27. The Morgan fingerprint density at radius 2 is 2.31 bits per heavy atom. The molecule has 1 aliphatic heterocycles. The van der Waals surface area contributed by atoms with Crippen molar-refractivity contribution in [3.05, 3.63) is 0 Å². The van der Waals surface area contributed by atoms with E-state index in [9.17, 15) is 9.59 Å². The first-order valence-electron chi connectivity index (χ1n) is 5.17. The van der Waals surface area contributed by atoms with Crippen LogP contribution < -0.4 is 5.32 Å². The second-order valence-corrected chi connectivity index (χ2v) is 3.60. The minimum absolute atomic E-state index is 0.000847. The second-order valence-electron chi connectivity index (χ2n) is 3.60. The molecule has 1 N–H and O–H groups in total. The van der Waals surface area contributed by atoms with Crippen molar-refractivity contribution < 1.29 is 23.8 Å². The van der Waals surface area contributed by atoms with Gasteiger partial charge in [0.1, 0.15) is 0 Å². The maximum atomic E-state index is 11.3. The zero-order valence-corrected chi connectivity index (χ0v) is 9.52. The van der Waals surface area contributed by atoms with E-state index in [0.717, 1.165) is 6.42 Å². The highest BCUT2D eigenvalue weighted by Crippen LogP contribution is 2.08. The lowest BCUT2D eigenvalue weighted by Crippen LogP contribution is -2.44. The molecule has 1 amide bonds. The molecule has 0 spiro atoms. The Labute approximate surface area is 94.2 Å². The molecule has 0 aliphatic carbocycles. The van der Waals surface area contributed by atoms with E-state index in [1.165, 1.54) is 14.0 Å². The molecule has 1 fully saturated rings. The van der Waals surface area contributed by atoms with Gasteiger partial charge >= 0.3 is 5.97 Å². The van der Waals surface area contributed by atoms with Crippen molar-refractivity contribution in [3.63, 3.8) is 0 Å². The van der Waals surface area contributed by atoms with Crippen LogP contribution in [0.15, 0.2) is 0 Å². The fourth-order valence-electron chi connectivity index (χ4n) is 1.43. The molecule has 2 unspecified atom stereocenters. The highest BCUT2D eigenvalue weighted by molar-refractivity contribution is 5.83. The number of esters is 1. The van der Waals surface area contributed by atoms with Crippen LogP contribution >= 0.6 is 0 Å². The van der Waals surface area contributed by atoms with Crippen molar-refractivity contribution in [2.24, 2.45) is 0 Å². The molecule has 1 heterocycles. The third-order valence-electron chi connectivity index (χ3n) is 2.25. The number of amides is 1. The van der Waals surface area contributed by atoms with Crippen LogP contribution in [-0.4, -0.2) is 51.0 Å². The number of hydrogen-bond donors (Lipinski definition) is 1. The smallest absolute Gasteiger partial charge is 0.330 e. The van der Waals surface area contributed by atoms with Gasteiger partial charge < -0.3 is 19.5 Å². The number of methoxy groups -OCH3 is 1. The summed E-state index contributed by atoms with van der Waals surface area (Å²) in [6.07, 6.45) is 0.814. The summed E-state index contributed by atoms with van der Waals surface area (Å²) >= 11 is 0. The quantitative estimate of drug-likeness (QED) is 0.644. The highest BCUT2D eigenvalue weighted by atomic mass is 16.6. The number of nitrogens with one attached hydrogen (secondary N) is 1. The van der Waals surface area contributed by atoms with E-state index < -0.39 is 12.0 Å². The summed E-state index contributed by atoms with van der Waals surface area (Å²) in [5.74, 6) is -0.796. The Hall–Kier alpha value is -1.14. The van der Waals surface area contributed by atoms with Crippen LogP contribution in [0.1, 0.15) is 13.3 Å². The molecule has 0 saturated carbocycles. The standard InChI is InChI=1S/C10H17NO5/c1-7(12)11-9(10(13)14-2)6-16-8-3-4-15-5-8/h8-9H,3-6H2,1-2H3,(H,11,12). The van der Waals surface area contributed by atoms with Gasteiger partial charge in [-0.3, -0.25) is 4.79 Å². The lowest BCUT2D eigenvalue weighted by atomic mass is 10.3. The van der Waals surface area contributed by atoms with E-state index in [1.807, 2.05) is 0 Å². The Bertz CT molecular complexity index is 250. The Morgan fingerprint density at radius 3 is 2.81 bits per heavy atom. The summed E-state index contributed by atoms with van der Waals surface area (Å²) in [5, 5.41) is 2.48. The molecular weight excluding hydrogens is 214 g/mol. The fourth-order valence-corrected chi connectivity index (χ4v) is 1.43. The largest absolute Gasteiger partial charge is 0.467 e. The van der Waals surface area contributed by atoms with Gasteiger partial charge in [0.2, 0.25) is 5.91 Å². The van der Waals surface area contributed by atoms with Crippen LogP contribution in [0.2, 0.25) is 0 Å². The minimum atomic E-state index is -0.747. The topological polar surface area (TPSA) is 73.9 Å². The lowest BCUT2D eigenvalue weighted by molar-refractivity contribution is -0.147. The molecule has 0 aromatic heterocycles. The zero-order chi connectivity index (χ0) is 12.0. The van der Waals surface area contributed by atoms with Crippen molar-refractivity contribution in [3.8, 4) is 0 Å². The van der Waals surface area contributed by atoms with Gasteiger partial charge in [-0.05, 0) is 6.42 Å². The molecule has 6 heteroatoms. The van der Waals surface area contributed by atoms with Crippen LogP contribution in [-0.2, 0) is 23.8 Å². The second kappa shape index (κ2) is 6.44. The van der Waals surface area contributed by atoms with E-state index >= 15 is 0 Å². The molecule has 0 aromatic carbocycles. The maximum absolute atomic E-state index is 11.3. The first-order chi connectivity index (χ1) is 7.63. The Kier molecular flexibility index (Phi) is 5.21. The van der Waals surface area contributed by atoms with Crippen LogP contribution in [0.25, 0.3) is 0 Å². The van der Waals surface area contributed by atoms with Gasteiger partial charge in [-0.1, -0.05) is 0 Å². The van der Waals surface area contributed by atoms with E-state index in [-0.39, 0.29) is 18.6 Å². The SMILES string of the molecule is COC(=O)C(COC1CCOC1)NC(C)=O. The van der Waals surface area contributed by atoms with Gasteiger partial charge in [0, 0.05) is 13.5 Å². The van der Waals surface area contributed by atoms with Crippen LogP contribution in [0.5, 0.6) is 0 Å². The molecule has 0 aromatic rings. The van der Waals surface area contributed by atoms with Crippen molar-refractivity contribution >= 4 is 11.9 Å². The Balaban J connectivity index is 2.36. The highest BCUT2D eigenvalue weighted by Gasteiger charge is 2.23. The normalized spacial score (nSPS) is 21.5. The van der Waals surface area contributed by atoms with Gasteiger partial charge in [0.15, 0.2) is 6.04 Å². The third-order valence-corrected chi connectivity index (χ3v) is 2.25. The number of hydrogen-bond acceptors (Lipinski definition) is 5. The molecule has 1 saturated heterocycles. The molecule has 16 heavy (non-hydrogen) atoms. The lowest BCUT2D eigenvalue weighted by Gasteiger charge is -2.17.